The van der Waals surface area contributed by atoms with E-state index in [1.165, 1.54) is 0 Å². The predicted molar refractivity (Wildman–Crippen MR) is 89.0 cm³/mol. The zero-order valence-electron chi connectivity index (χ0n) is 13.6. The van der Waals surface area contributed by atoms with E-state index in [0.717, 1.165) is 33.8 Å². The molecule has 2 heterocycles. The average molecular weight is 311 g/mol. The number of imidazole rings is 1. The highest BCUT2D eigenvalue weighted by atomic mass is 16.1. The second-order valence-electron chi connectivity index (χ2n) is 5.84. The van der Waals surface area contributed by atoms with E-state index in [1.54, 1.807) is 0 Å². The molecule has 0 spiro atoms. The maximum absolute atomic E-state index is 12.2. The molecule has 0 saturated heterocycles. The summed E-state index contributed by atoms with van der Waals surface area (Å²) in [6.07, 6.45) is 1.12. The molecule has 0 bridgehead atoms. The van der Waals surface area contributed by atoms with Gasteiger partial charge in [-0.05, 0) is 44.9 Å². The van der Waals surface area contributed by atoms with Gasteiger partial charge >= 0.3 is 0 Å². The quantitative estimate of drug-likeness (QED) is 0.677. The van der Waals surface area contributed by atoms with Crippen LogP contribution in [0.2, 0.25) is 0 Å². The van der Waals surface area contributed by atoms with Crippen LogP contribution >= 0.6 is 0 Å². The summed E-state index contributed by atoms with van der Waals surface area (Å²) in [6, 6.07) is 7.69. The van der Waals surface area contributed by atoms with Crippen molar-refractivity contribution in [2.24, 2.45) is 0 Å². The molecular formula is C17H21N5O. The van der Waals surface area contributed by atoms with Crippen molar-refractivity contribution in [1.29, 1.82) is 0 Å². The van der Waals surface area contributed by atoms with Gasteiger partial charge in [0.2, 0.25) is 5.91 Å². The number of hydrogen-bond donors (Lipinski definition) is 3. The normalized spacial score (nSPS) is 12.5. The minimum atomic E-state index is -0.151. The van der Waals surface area contributed by atoms with Gasteiger partial charge in [-0.1, -0.05) is 12.1 Å². The van der Waals surface area contributed by atoms with Crippen molar-refractivity contribution in [1.82, 2.24) is 25.5 Å². The summed E-state index contributed by atoms with van der Waals surface area (Å²) in [5.41, 5.74) is 5.00. The molecular weight excluding hydrogens is 290 g/mol. The standard InChI is InChI=1S/C17H21N5O/c1-10-13(11(2)22-21-10)8-9-16(23)18-12(3)17-19-14-6-4-5-7-15(14)20-17/h4-7,12H,8-9H2,1-3H3,(H,18,23)(H,19,20)(H,21,22). The number of benzene rings is 1. The van der Waals surface area contributed by atoms with Gasteiger partial charge in [0, 0.05) is 12.1 Å². The highest BCUT2D eigenvalue weighted by Crippen LogP contribution is 2.16. The van der Waals surface area contributed by atoms with Crippen LogP contribution in [0.25, 0.3) is 11.0 Å². The number of rotatable bonds is 5. The third-order valence-corrected chi connectivity index (χ3v) is 4.08. The Morgan fingerprint density at radius 2 is 2.09 bits per heavy atom. The summed E-state index contributed by atoms with van der Waals surface area (Å²) in [4.78, 5) is 19.9. The monoisotopic (exact) mass is 311 g/mol. The highest BCUT2D eigenvalue weighted by molar-refractivity contribution is 5.77. The zero-order chi connectivity index (χ0) is 16.4. The van der Waals surface area contributed by atoms with E-state index in [0.29, 0.717) is 12.8 Å². The first kappa shape index (κ1) is 15.3. The molecule has 0 fully saturated rings. The van der Waals surface area contributed by atoms with E-state index >= 15 is 0 Å². The van der Waals surface area contributed by atoms with Gasteiger partial charge in [0.05, 0.1) is 22.8 Å². The number of H-pyrrole nitrogens is 2. The van der Waals surface area contributed by atoms with Crippen molar-refractivity contribution in [3.8, 4) is 0 Å². The Morgan fingerprint density at radius 3 is 2.78 bits per heavy atom. The van der Waals surface area contributed by atoms with Crippen LogP contribution in [-0.2, 0) is 11.2 Å². The van der Waals surface area contributed by atoms with Crippen molar-refractivity contribution in [2.45, 2.75) is 39.7 Å². The lowest BCUT2D eigenvalue weighted by atomic mass is 10.1. The van der Waals surface area contributed by atoms with Gasteiger partial charge in [0.15, 0.2) is 0 Å². The van der Waals surface area contributed by atoms with Crippen LogP contribution in [0.1, 0.15) is 42.2 Å². The first-order valence-corrected chi connectivity index (χ1v) is 7.79. The van der Waals surface area contributed by atoms with Crippen molar-refractivity contribution >= 4 is 16.9 Å². The van der Waals surface area contributed by atoms with Gasteiger partial charge in [-0.15, -0.1) is 0 Å². The molecule has 2 aromatic heterocycles. The second-order valence-corrected chi connectivity index (χ2v) is 5.84. The molecule has 0 saturated carbocycles. The molecule has 0 radical (unpaired) electrons. The summed E-state index contributed by atoms with van der Waals surface area (Å²) in [6.45, 7) is 5.86. The fraction of sp³-hybridized carbons (Fsp3) is 0.353. The Morgan fingerprint density at radius 1 is 1.30 bits per heavy atom. The molecule has 3 N–H and O–H groups in total. The number of aromatic amines is 2. The Hall–Kier alpha value is -2.63. The average Bonchev–Trinajstić information content (AvgIpc) is 3.09. The van der Waals surface area contributed by atoms with E-state index in [2.05, 4.69) is 25.5 Å². The molecule has 23 heavy (non-hydrogen) atoms. The highest BCUT2D eigenvalue weighted by Gasteiger charge is 2.14. The van der Waals surface area contributed by atoms with Crippen LogP contribution in [-0.4, -0.2) is 26.1 Å². The molecule has 6 heteroatoms. The first-order chi connectivity index (χ1) is 11.0. The Labute approximate surface area is 134 Å². The molecule has 6 nitrogen and oxygen atoms in total. The van der Waals surface area contributed by atoms with Gasteiger partial charge in [-0.2, -0.15) is 5.10 Å². The lowest BCUT2D eigenvalue weighted by molar-refractivity contribution is -0.121. The van der Waals surface area contributed by atoms with E-state index < -0.39 is 0 Å². The minimum absolute atomic E-state index is 0.0120. The summed E-state index contributed by atoms with van der Waals surface area (Å²) in [5.74, 6) is 0.785. The number of nitrogens with zero attached hydrogens (tertiary/aromatic N) is 2. The smallest absolute Gasteiger partial charge is 0.220 e. The number of hydrogen-bond acceptors (Lipinski definition) is 3. The second kappa shape index (κ2) is 6.24. The van der Waals surface area contributed by atoms with Crippen LogP contribution in [0, 0.1) is 13.8 Å². The topological polar surface area (TPSA) is 86.5 Å². The molecule has 0 aliphatic rings. The summed E-state index contributed by atoms with van der Waals surface area (Å²) in [5, 5.41) is 10.1. The van der Waals surface area contributed by atoms with E-state index in [1.807, 2.05) is 45.0 Å². The van der Waals surface area contributed by atoms with Crippen molar-refractivity contribution in [2.75, 3.05) is 0 Å². The predicted octanol–water partition coefficient (Wildman–Crippen LogP) is 2.71. The van der Waals surface area contributed by atoms with Gasteiger partial charge in [-0.3, -0.25) is 9.89 Å². The molecule has 0 aliphatic carbocycles. The Balaban J connectivity index is 1.61. The van der Waals surface area contributed by atoms with Crippen molar-refractivity contribution in [3.63, 3.8) is 0 Å². The number of nitrogens with one attached hydrogen (secondary N) is 3. The third kappa shape index (κ3) is 3.26. The van der Waals surface area contributed by atoms with Crippen LogP contribution in [0.3, 0.4) is 0 Å². The van der Waals surface area contributed by atoms with E-state index in [-0.39, 0.29) is 11.9 Å². The summed E-state index contributed by atoms with van der Waals surface area (Å²) in [7, 11) is 0. The number of amides is 1. The van der Waals surface area contributed by atoms with E-state index in [9.17, 15) is 4.79 Å². The lowest BCUT2D eigenvalue weighted by Gasteiger charge is -2.11. The summed E-state index contributed by atoms with van der Waals surface area (Å²) < 4.78 is 0. The number of aryl methyl sites for hydroxylation is 2. The maximum Gasteiger partial charge on any atom is 0.220 e. The van der Waals surface area contributed by atoms with Crippen molar-refractivity contribution < 1.29 is 4.79 Å². The number of aromatic nitrogens is 4. The van der Waals surface area contributed by atoms with Crippen LogP contribution in [0.15, 0.2) is 24.3 Å². The van der Waals surface area contributed by atoms with Crippen molar-refractivity contribution in [3.05, 3.63) is 47.0 Å². The molecule has 3 aromatic rings. The third-order valence-electron chi connectivity index (χ3n) is 4.08. The first-order valence-electron chi connectivity index (χ1n) is 7.79. The van der Waals surface area contributed by atoms with Gasteiger partial charge in [0.1, 0.15) is 5.82 Å². The Kier molecular flexibility index (Phi) is 4.14. The van der Waals surface area contributed by atoms with Gasteiger partial charge < -0.3 is 10.3 Å². The fourth-order valence-corrected chi connectivity index (χ4v) is 2.74. The van der Waals surface area contributed by atoms with Crippen LogP contribution in [0.4, 0.5) is 0 Å². The van der Waals surface area contributed by atoms with Crippen LogP contribution < -0.4 is 5.32 Å². The molecule has 1 aromatic carbocycles. The largest absolute Gasteiger partial charge is 0.346 e. The molecule has 1 atom stereocenters. The molecule has 3 rings (SSSR count). The lowest BCUT2D eigenvalue weighted by Crippen LogP contribution is -2.27. The van der Waals surface area contributed by atoms with Gasteiger partial charge in [-0.25, -0.2) is 4.98 Å². The molecule has 120 valence electrons. The van der Waals surface area contributed by atoms with Crippen LogP contribution in [0.5, 0.6) is 0 Å². The van der Waals surface area contributed by atoms with E-state index in [4.69, 9.17) is 0 Å². The number of carbonyl (C=O) groups is 1. The Bertz CT molecular complexity index is 780. The number of fused-ring (bicyclic) bond motifs is 1. The maximum atomic E-state index is 12.2. The summed E-state index contributed by atoms with van der Waals surface area (Å²) >= 11 is 0. The zero-order valence-corrected chi connectivity index (χ0v) is 13.6. The minimum Gasteiger partial charge on any atom is -0.346 e. The molecule has 0 aliphatic heterocycles. The van der Waals surface area contributed by atoms with Gasteiger partial charge in [0.25, 0.3) is 0 Å². The fourth-order valence-electron chi connectivity index (χ4n) is 2.74. The SMILES string of the molecule is Cc1n[nH]c(C)c1CCC(=O)NC(C)c1nc2ccccc2[nH]1. The number of para-hydroxylation sites is 2. The molecule has 1 amide bonds. The molecule has 1 unspecified atom stereocenters. The number of carbonyl (C=O) groups excluding carboxylic acids is 1.